The second-order valence-electron chi connectivity index (χ2n) is 5.36. The second kappa shape index (κ2) is 4.16. The van der Waals surface area contributed by atoms with Crippen LogP contribution in [-0.2, 0) is 5.60 Å². The summed E-state index contributed by atoms with van der Waals surface area (Å²) in [6.07, 6.45) is 2.31. The Hall–Kier alpha value is -0.770. The molecular weight excluding hydrogens is 236 g/mol. The predicted octanol–water partition coefficient (Wildman–Crippen LogP) is 2.56. The minimum atomic E-state index is -1.06. The Kier molecular flexibility index (Phi) is 3.10. The summed E-state index contributed by atoms with van der Waals surface area (Å²) >= 11 is 6.35. The Morgan fingerprint density at radius 3 is 2.47 bits per heavy atom. The second-order valence-corrected chi connectivity index (χ2v) is 5.73. The van der Waals surface area contributed by atoms with Crippen LogP contribution in [0.5, 0.6) is 0 Å². The maximum atomic E-state index is 10.1. The first-order chi connectivity index (χ1) is 7.82. The van der Waals surface area contributed by atoms with Crippen LogP contribution < -0.4 is 11.5 Å². The molecule has 0 heterocycles. The quantitative estimate of drug-likeness (QED) is 0.726. The van der Waals surface area contributed by atoms with Gasteiger partial charge in [-0.2, -0.15) is 0 Å². The monoisotopic (exact) mass is 254 g/mol. The van der Waals surface area contributed by atoms with Crippen LogP contribution in [0, 0.1) is 5.92 Å². The number of aliphatic hydroxyl groups is 1. The summed E-state index contributed by atoms with van der Waals surface area (Å²) in [6.45, 7) is 3.36. The van der Waals surface area contributed by atoms with Gasteiger partial charge in [0.25, 0.3) is 0 Å². The van der Waals surface area contributed by atoms with E-state index in [4.69, 9.17) is 23.1 Å². The van der Waals surface area contributed by atoms with Crippen molar-refractivity contribution in [3.63, 3.8) is 0 Å². The van der Waals surface area contributed by atoms with Crippen molar-refractivity contribution < 1.29 is 5.11 Å². The molecule has 5 N–H and O–H groups in total. The van der Waals surface area contributed by atoms with E-state index in [0.29, 0.717) is 22.2 Å². The van der Waals surface area contributed by atoms with Crippen LogP contribution in [0.25, 0.3) is 0 Å². The minimum Gasteiger partial charge on any atom is -0.398 e. The Morgan fingerprint density at radius 2 is 2.00 bits per heavy atom. The standard InChI is InChI=1S/C13H19ClN2O/c1-13(2,17)10-9(15)6-5-8(11(10)14)12(16)7-3-4-7/h5-7,12,17H,3-4,15-16H2,1-2H3. The summed E-state index contributed by atoms with van der Waals surface area (Å²) in [4.78, 5) is 0. The van der Waals surface area contributed by atoms with Gasteiger partial charge in [-0.05, 0) is 44.2 Å². The third-order valence-corrected chi connectivity index (χ3v) is 3.71. The van der Waals surface area contributed by atoms with E-state index < -0.39 is 5.60 Å². The lowest BCUT2D eigenvalue weighted by Gasteiger charge is -2.24. The van der Waals surface area contributed by atoms with Gasteiger partial charge in [0.15, 0.2) is 0 Å². The van der Waals surface area contributed by atoms with Crippen LogP contribution in [0.15, 0.2) is 12.1 Å². The lowest BCUT2D eigenvalue weighted by Crippen LogP contribution is -2.21. The van der Waals surface area contributed by atoms with Gasteiger partial charge in [0.1, 0.15) is 0 Å². The van der Waals surface area contributed by atoms with Crippen molar-refractivity contribution in [2.75, 3.05) is 5.73 Å². The average Bonchev–Trinajstić information content (AvgIpc) is 2.97. The van der Waals surface area contributed by atoms with E-state index in [1.807, 2.05) is 6.07 Å². The molecule has 4 heteroatoms. The van der Waals surface area contributed by atoms with E-state index in [-0.39, 0.29) is 6.04 Å². The van der Waals surface area contributed by atoms with Gasteiger partial charge >= 0.3 is 0 Å². The number of anilines is 1. The van der Waals surface area contributed by atoms with Gasteiger partial charge in [0.05, 0.1) is 10.6 Å². The van der Waals surface area contributed by atoms with Gasteiger partial charge in [-0.25, -0.2) is 0 Å². The molecule has 0 bridgehead atoms. The fraction of sp³-hybridized carbons (Fsp3) is 0.538. The van der Waals surface area contributed by atoms with Crippen LogP contribution in [0.1, 0.15) is 43.9 Å². The van der Waals surface area contributed by atoms with Crippen molar-refractivity contribution in [3.05, 3.63) is 28.3 Å². The molecule has 0 saturated heterocycles. The summed E-state index contributed by atoms with van der Waals surface area (Å²) in [5.41, 5.74) is 13.0. The van der Waals surface area contributed by atoms with Gasteiger partial charge < -0.3 is 16.6 Å². The highest BCUT2D eigenvalue weighted by Gasteiger charge is 2.33. The number of benzene rings is 1. The number of hydrogen-bond donors (Lipinski definition) is 3. The Bertz CT molecular complexity index is 436. The van der Waals surface area contributed by atoms with Gasteiger partial charge in [-0.1, -0.05) is 17.7 Å². The number of halogens is 1. The maximum absolute atomic E-state index is 10.1. The van der Waals surface area contributed by atoms with E-state index in [2.05, 4.69) is 0 Å². The highest BCUT2D eigenvalue weighted by Crippen LogP contribution is 2.44. The van der Waals surface area contributed by atoms with E-state index >= 15 is 0 Å². The molecule has 0 amide bonds. The van der Waals surface area contributed by atoms with Crippen LogP contribution in [0.4, 0.5) is 5.69 Å². The molecule has 17 heavy (non-hydrogen) atoms. The SMILES string of the molecule is CC(C)(O)c1c(N)ccc(C(N)C2CC2)c1Cl. The van der Waals surface area contributed by atoms with Crippen LogP contribution in [0.2, 0.25) is 5.02 Å². The zero-order chi connectivity index (χ0) is 12.8. The lowest BCUT2D eigenvalue weighted by atomic mass is 9.91. The van der Waals surface area contributed by atoms with Gasteiger partial charge in [0, 0.05) is 17.3 Å². The smallest absolute Gasteiger partial charge is 0.0875 e. The van der Waals surface area contributed by atoms with Gasteiger partial charge in [-0.3, -0.25) is 0 Å². The molecule has 0 aromatic heterocycles. The zero-order valence-electron chi connectivity index (χ0n) is 10.2. The van der Waals surface area contributed by atoms with Crippen molar-refractivity contribution in [2.24, 2.45) is 11.7 Å². The first-order valence-electron chi connectivity index (χ1n) is 5.88. The molecular formula is C13H19ClN2O. The molecule has 2 rings (SSSR count). The molecule has 1 unspecified atom stereocenters. The van der Waals surface area contributed by atoms with Crippen molar-refractivity contribution in [2.45, 2.75) is 38.3 Å². The van der Waals surface area contributed by atoms with Gasteiger partial charge in [-0.15, -0.1) is 0 Å². The molecule has 1 aromatic carbocycles. The summed E-state index contributed by atoms with van der Waals surface area (Å²) in [5.74, 6) is 0.519. The number of hydrogen-bond acceptors (Lipinski definition) is 3. The predicted molar refractivity (Wildman–Crippen MR) is 70.8 cm³/mol. The summed E-state index contributed by atoms with van der Waals surface area (Å²) in [7, 11) is 0. The molecule has 1 aliphatic rings. The third-order valence-electron chi connectivity index (χ3n) is 3.30. The molecule has 94 valence electrons. The molecule has 1 saturated carbocycles. The number of nitrogens with two attached hydrogens (primary N) is 2. The Balaban J connectivity index is 2.49. The van der Waals surface area contributed by atoms with Crippen LogP contribution in [0.3, 0.4) is 0 Å². The average molecular weight is 255 g/mol. The fourth-order valence-corrected chi connectivity index (χ4v) is 2.72. The molecule has 1 atom stereocenters. The van der Waals surface area contributed by atoms with Crippen molar-refractivity contribution in [1.29, 1.82) is 0 Å². The van der Waals surface area contributed by atoms with Crippen molar-refractivity contribution >= 4 is 17.3 Å². The summed E-state index contributed by atoms with van der Waals surface area (Å²) in [5, 5.41) is 10.6. The normalized spacial score (nSPS) is 18.2. The van der Waals surface area contributed by atoms with Crippen LogP contribution in [-0.4, -0.2) is 5.11 Å². The van der Waals surface area contributed by atoms with Crippen LogP contribution >= 0.6 is 11.6 Å². The Morgan fingerprint density at radius 1 is 1.41 bits per heavy atom. The first-order valence-corrected chi connectivity index (χ1v) is 6.26. The molecule has 1 aliphatic carbocycles. The minimum absolute atomic E-state index is 0.0517. The molecule has 0 spiro atoms. The third kappa shape index (κ3) is 2.41. The molecule has 1 fully saturated rings. The van der Waals surface area contributed by atoms with Crippen molar-refractivity contribution in [3.8, 4) is 0 Å². The maximum Gasteiger partial charge on any atom is 0.0875 e. The zero-order valence-corrected chi connectivity index (χ0v) is 11.0. The Labute approximate surface area is 107 Å². The number of rotatable bonds is 3. The fourth-order valence-electron chi connectivity index (χ4n) is 2.20. The lowest BCUT2D eigenvalue weighted by molar-refractivity contribution is 0.0794. The van der Waals surface area contributed by atoms with E-state index in [9.17, 15) is 5.11 Å². The number of nitrogen functional groups attached to an aromatic ring is 1. The highest BCUT2D eigenvalue weighted by molar-refractivity contribution is 6.32. The summed E-state index contributed by atoms with van der Waals surface area (Å²) in [6, 6.07) is 3.59. The first kappa shape index (κ1) is 12.7. The molecule has 0 aliphatic heterocycles. The molecule has 1 aromatic rings. The van der Waals surface area contributed by atoms with E-state index in [1.54, 1.807) is 19.9 Å². The van der Waals surface area contributed by atoms with E-state index in [1.165, 1.54) is 0 Å². The summed E-state index contributed by atoms with van der Waals surface area (Å²) < 4.78 is 0. The topological polar surface area (TPSA) is 72.3 Å². The largest absolute Gasteiger partial charge is 0.398 e. The van der Waals surface area contributed by atoms with E-state index in [0.717, 1.165) is 18.4 Å². The van der Waals surface area contributed by atoms with Gasteiger partial charge in [0.2, 0.25) is 0 Å². The molecule has 0 radical (unpaired) electrons. The van der Waals surface area contributed by atoms with Crippen molar-refractivity contribution in [1.82, 2.24) is 0 Å². The molecule has 3 nitrogen and oxygen atoms in total. The highest BCUT2D eigenvalue weighted by atomic mass is 35.5.